The largest absolute Gasteiger partial charge is 0.509 e. The number of allylic oxidation sites excluding steroid dienone is 3. The van der Waals surface area contributed by atoms with E-state index in [0.717, 1.165) is 88.5 Å². The van der Waals surface area contributed by atoms with Crippen LogP contribution in [-0.4, -0.2) is 65.1 Å². The molecule has 3 spiro atoms. The lowest BCUT2D eigenvalue weighted by Gasteiger charge is -2.72. The zero-order valence-electron chi connectivity index (χ0n) is 38.4. The van der Waals surface area contributed by atoms with Crippen molar-refractivity contribution in [3.63, 3.8) is 0 Å². The molecule has 8 nitrogen and oxygen atoms in total. The Labute approximate surface area is 384 Å². The number of carbonyl (C=O) groups is 2. The van der Waals surface area contributed by atoms with Gasteiger partial charge in [0, 0.05) is 55.2 Å². The van der Waals surface area contributed by atoms with Crippen LogP contribution in [-0.2, 0) is 39.1 Å². The van der Waals surface area contributed by atoms with Crippen LogP contribution in [0.5, 0.6) is 0 Å². The number of hydrogen-bond donors (Lipinski definition) is 2. The molecule has 2 aromatic carbocycles. The first kappa shape index (κ1) is 40.0. The molecule has 6 aliphatic carbocycles. The third-order valence-electron chi connectivity index (χ3n) is 20.6. The second-order valence-corrected chi connectivity index (χ2v) is 23.3. The van der Waals surface area contributed by atoms with E-state index in [2.05, 4.69) is 71.3 Å². The van der Waals surface area contributed by atoms with E-state index in [9.17, 15) is 9.90 Å². The zero-order valence-corrected chi connectivity index (χ0v) is 38.4. The molecule has 0 amide bonds. The first-order chi connectivity index (χ1) is 31.8. The van der Waals surface area contributed by atoms with Gasteiger partial charge in [0.15, 0.2) is 11.4 Å². The van der Waals surface area contributed by atoms with Gasteiger partial charge in [-0.05, 0) is 148 Å². The number of esters is 2. The van der Waals surface area contributed by atoms with Gasteiger partial charge in [-0.3, -0.25) is 9.69 Å². The van der Waals surface area contributed by atoms with E-state index in [4.69, 9.17) is 15.2 Å². The molecule has 3 saturated heterocycles. The highest BCUT2D eigenvalue weighted by atomic mass is 16.6. The zero-order chi connectivity index (χ0) is 43.6. The molecule has 13 atom stereocenters. The number of aliphatic hydroxyl groups excluding tert-OH is 1. The van der Waals surface area contributed by atoms with Crippen molar-refractivity contribution < 1.29 is 24.2 Å². The van der Waals surface area contributed by atoms with Crippen LogP contribution < -0.4 is 5.73 Å². The molecule has 65 heavy (non-hydrogen) atoms. The van der Waals surface area contributed by atoms with Crippen LogP contribution in [0.15, 0.2) is 88.6 Å². The summed E-state index contributed by atoms with van der Waals surface area (Å²) in [7, 11) is 0. The molecule has 15 bridgehead atoms. The SMILES string of the molecule is CC1CC2=C3C4C5=C6CC(Cc7cccc(c7)CCCCC7C68C(=O)OC(=C(O)CC(C6CCCC6)N6CC9CC(C6)C(C=C2)N3C9)C8(CC5)C72OC(=O)c3c(CCCN)cccc32)C14. The van der Waals surface area contributed by atoms with Crippen LogP contribution in [0, 0.1) is 58.2 Å². The van der Waals surface area contributed by atoms with Crippen LogP contribution in [0.1, 0.15) is 129 Å². The number of benzene rings is 2. The van der Waals surface area contributed by atoms with Gasteiger partial charge in [-0.25, -0.2) is 4.79 Å². The van der Waals surface area contributed by atoms with Gasteiger partial charge in [-0.15, -0.1) is 0 Å². The lowest BCUT2D eigenvalue weighted by atomic mass is 9.28. The van der Waals surface area contributed by atoms with E-state index >= 15 is 4.79 Å². The summed E-state index contributed by atoms with van der Waals surface area (Å²) in [6.45, 7) is 6.23. The van der Waals surface area contributed by atoms with Crippen LogP contribution in [0.4, 0.5) is 0 Å². The Morgan fingerprint density at radius 2 is 1.74 bits per heavy atom. The Bertz CT molecular complexity index is 2550. The number of rotatable bonds is 4. The van der Waals surface area contributed by atoms with E-state index in [1.807, 2.05) is 0 Å². The summed E-state index contributed by atoms with van der Waals surface area (Å²) in [5, 5.41) is 13.3. The highest BCUT2D eigenvalue weighted by molar-refractivity contribution is 6.00. The fraction of sp³-hybridized carbons (Fsp3) is 0.614. The summed E-state index contributed by atoms with van der Waals surface area (Å²) in [5.41, 5.74) is 14.1. The molecule has 9 aliphatic heterocycles. The molecule has 17 rings (SSSR count). The highest BCUT2D eigenvalue weighted by Gasteiger charge is 2.93. The normalized spacial score (nSPS) is 41.9. The molecule has 2 aromatic rings. The molecule has 5 fully saturated rings. The van der Waals surface area contributed by atoms with Gasteiger partial charge in [-0.1, -0.05) is 91.9 Å². The highest BCUT2D eigenvalue weighted by Crippen LogP contribution is 2.87. The summed E-state index contributed by atoms with van der Waals surface area (Å²) in [5.74, 6) is 2.94. The minimum absolute atomic E-state index is 0.158. The maximum Gasteiger partial charge on any atom is 0.339 e. The van der Waals surface area contributed by atoms with Gasteiger partial charge in [0.1, 0.15) is 11.2 Å². The third kappa shape index (κ3) is 5.02. The molecule has 340 valence electrons. The van der Waals surface area contributed by atoms with Crippen molar-refractivity contribution in [2.75, 3.05) is 26.2 Å². The number of aryl methyl sites for hydroxylation is 2. The molecule has 15 aliphatic rings. The smallest absolute Gasteiger partial charge is 0.339 e. The third-order valence-corrected chi connectivity index (χ3v) is 20.6. The number of nitrogens with zero attached hydrogens (tertiary/aromatic N) is 2. The molecule has 0 aromatic heterocycles. The lowest BCUT2D eigenvalue weighted by Crippen LogP contribution is -2.77. The fourth-order valence-corrected chi connectivity index (χ4v) is 18.7. The average molecular weight is 874 g/mol. The first-order valence-corrected chi connectivity index (χ1v) is 26.2. The molecule has 0 radical (unpaired) electrons. The van der Waals surface area contributed by atoms with Crippen LogP contribution in [0.25, 0.3) is 0 Å². The van der Waals surface area contributed by atoms with Gasteiger partial charge in [0.05, 0.1) is 17.0 Å². The second kappa shape index (κ2) is 14.2. The number of carbonyl (C=O) groups excluding carboxylic acids is 2. The molecule has 3 N–H and O–H groups in total. The number of nitrogens with two attached hydrogens (primary N) is 1. The monoisotopic (exact) mass is 874 g/mol. The Morgan fingerprint density at radius 1 is 0.892 bits per heavy atom. The Morgan fingerprint density at radius 3 is 2.62 bits per heavy atom. The van der Waals surface area contributed by atoms with Crippen molar-refractivity contribution in [1.29, 1.82) is 0 Å². The molecule has 2 saturated carbocycles. The van der Waals surface area contributed by atoms with Crippen LogP contribution in [0.3, 0.4) is 0 Å². The van der Waals surface area contributed by atoms with Gasteiger partial charge < -0.3 is 25.2 Å². The van der Waals surface area contributed by atoms with Crippen LogP contribution in [0.2, 0.25) is 0 Å². The molecular weight excluding hydrogens is 807 g/mol. The van der Waals surface area contributed by atoms with E-state index in [1.54, 1.807) is 5.70 Å². The van der Waals surface area contributed by atoms with Crippen molar-refractivity contribution in [2.45, 2.75) is 134 Å². The Hall–Kier alpha value is -4.14. The number of hydrogen-bond acceptors (Lipinski definition) is 8. The lowest BCUT2D eigenvalue weighted by molar-refractivity contribution is -0.279. The predicted octanol–water partition coefficient (Wildman–Crippen LogP) is 9.63. The standard InChI is InChI=1S/C57H67N3O5/c1-32-23-38-18-19-44-40-26-35-29-59(31-40)45(36-12-3-4-13-36)28-46(61)52-55-21-20-41-43-27-39(48(32)50(41)51(38)60(44)30-35)25-34-11-6-10-33(24-34)9-2-5-17-47(56(43,55)54(63)64-52)57(55)42-16-7-14-37(15-8-22-58)49(42)53(62)65-57/h6-7,10-11,14,16,18-19,24,32,35-36,39-40,44-45,47-48,50,61H,2-5,8-9,12-13,15,17,20-23,25-31,58H2,1H3. The van der Waals surface area contributed by atoms with E-state index < -0.39 is 16.4 Å². The minimum Gasteiger partial charge on any atom is -0.509 e. The maximum absolute atomic E-state index is 16.2. The van der Waals surface area contributed by atoms with E-state index in [1.165, 1.54) is 60.0 Å². The van der Waals surface area contributed by atoms with Gasteiger partial charge in [0.25, 0.3) is 0 Å². The van der Waals surface area contributed by atoms with Crippen molar-refractivity contribution in [3.05, 3.63) is 116 Å². The average Bonchev–Trinajstić information content (AvgIpc) is 4.01. The summed E-state index contributed by atoms with van der Waals surface area (Å²) < 4.78 is 14.3. The summed E-state index contributed by atoms with van der Waals surface area (Å²) in [4.78, 5) is 36.9. The molecule has 9 heterocycles. The number of aliphatic hydroxyl groups is 1. The van der Waals surface area contributed by atoms with E-state index in [-0.39, 0.29) is 35.6 Å². The van der Waals surface area contributed by atoms with Crippen molar-refractivity contribution in [2.24, 2.45) is 63.9 Å². The topological polar surface area (TPSA) is 105 Å². The number of fused-ring (bicyclic) bond motifs is 7. The van der Waals surface area contributed by atoms with Gasteiger partial charge in [0.2, 0.25) is 0 Å². The number of piperidine rings is 2. The van der Waals surface area contributed by atoms with Crippen molar-refractivity contribution in [3.8, 4) is 0 Å². The predicted molar refractivity (Wildman–Crippen MR) is 248 cm³/mol. The molecule has 13 unspecified atom stereocenters. The fourth-order valence-electron chi connectivity index (χ4n) is 18.7. The first-order valence-electron chi connectivity index (χ1n) is 26.2. The van der Waals surface area contributed by atoms with Gasteiger partial charge >= 0.3 is 11.9 Å². The van der Waals surface area contributed by atoms with Crippen molar-refractivity contribution >= 4 is 11.9 Å². The number of ether oxygens (including phenoxy) is 2. The minimum atomic E-state index is -1.14. The molecule has 8 heteroatoms. The second-order valence-electron chi connectivity index (χ2n) is 23.3. The van der Waals surface area contributed by atoms with Crippen LogP contribution >= 0.6 is 0 Å². The maximum atomic E-state index is 16.2. The molecular formula is C57H67N3O5. The summed E-state index contributed by atoms with van der Waals surface area (Å²) in [6.07, 6.45) is 21.1. The van der Waals surface area contributed by atoms with Gasteiger partial charge in [-0.2, -0.15) is 0 Å². The Balaban J connectivity index is 1.07. The Kier molecular flexibility index (Phi) is 8.73. The van der Waals surface area contributed by atoms with Crippen molar-refractivity contribution in [1.82, 2.24) is 9.80 Å². The summed E-state index contributed by atoms with van der Waals surface area (Å²) in [6, 6.07) is 16.3. The van der Waals surface area contributed by atoms with E-state index in [0.29, 0.717) is 78.7 Å². The quantitative estimate of drug-likeness (QED) is 0.231. The summed E-state index contributed by atoms with van der Waals surface area (Å²) >= 11 is 0.